The molecular formula is C32H46O2Si. The van der Waals surface area contributed by atoms with Crippen LogP contribution in [0.2, 0.25) is 0 Å². The maximum absolute atomic E-state index is 7.26. The van der Waals surface area contributed by atoms with E-state index < -0.39 is 8.56 Å². The Kier molecular flexibility index (Phi) is 8.47. The van der Waals surface area contributed by atoms with Crippen molar-refractivity contribution in [3.63, 3.8) is 0 Å². The van der Waals surface area contributed by atoms with E-state index in [0.29, 0.717) is 5.41 Å². The Hall–Kier alpha value is -1.42. The van der Waals surface area contributed by atoms with Gasteiger partial charge in [0, 0.05) is 13.2 Å². The van der Waals surface area contributed by atoms with Gasteiger partial charge in [-0.1, -0.05) is 106 Å². The van der Waals surface area contributed by atoms with Crippen LogP contribution in [0.15, 0.2) is 60.7 Å². The summed E-state index contributed by atoms with van der Waals surface area (Å²) in [5, 5.41) is 2.53. The van der Waals surface area contributed by atoms with Crippen molar-refractivity contribution in [1.82, 2.24) is 0 Å². The van der Waals surface area contributed by atoms with Crippen molar-refractivity contribution in [2.24, 2.45) is 23.2 Å². The number of rotatable bonds is 14. The fourth-order valence-electron chi connectivity index (χ4n) is 7.85. The predicted octanol–water partition coefficient (Wildman–Crippen LogP) is 7.24. The lowest BCUT2D eigenvalue weighted by atomic mass is 9.50. The topological polar surface area (TPSA) is 18.5 Å². The maximum Gasteiger partial charge on any atom is 0.407 e. The summed E-state index contributed by atoms with van der Waals surface area (Å²) in [7, 11) is -2.78. The third kappa shape index (κ3) is 5.94. The fourth-order valence-corrected chi connectivity index (χ4v) is 11.1. The molecule has 6 rings (SSSR count). The highest BCUT2D eigenvalue weighted by atomic mass is 28.4. The molecule has 0 unspecified atom stereocenters. The van der Waals surface area contributed by atoms with Crippen molar-refractivity contribution in [1.29, 1.82) is 0 Å². The molecule has 2 aromatic rings. The summed E-state index contributed by atoms with van der Waals surface area (Å²) in [6.07, 6.45) is 17.7. The molecule has 0 atom stereocenters. The first-order valence-electron chi connectivity index (χ1n) is 14.6. The van der Waals surface area contributed by atoms with Gasteiger partial charge in [-0.25, -0.2) is 0 Å². The summed E-state index contributed by atoms with van der Waals surface area (Å²) >= 11 is 0. The van der Waals surface area contributed by atoms with E-state index in [2.05, 4.69) is 67.6 Å². The molecule has 0 spiro atoms. The van der Waals surface area contributed by atoms with Crippen LogP contribution in [0.5, 0.6) is 0 Å². The molecule has 4 aliphatic carbocycles. The van der Waals surface area contributed by atoms with Crippen LogP contribution in [0.4, 0.5) is 0 Å². The molecule has 190 valence electrons. The smallest absolute Gasteiger partial charge is 0.388 e. The molecular weight excluding hydrogens is 444 g/mol. The molecule has 0 radical (unpaired) electrons. The van der Waals surface area contributed by atoms with Gasteiger partial charge in [0.1, 0.15) is 0 Å². The molecule has 2 aromatic carbocycles. The maximum atomic E-state index is 7.26. The van der Waals surface area contributed by atoms with Crippen LogP contribution >= 0.6 is 0 Å². The molecule has 4 fully saturated rings. The van der Waals surface area contributed by atoms with E-state index in [1.807, 2.05) is 0 Å². The van der Waals surface area contributed by atoms with Crippen molar-refractivity contribution >= 4 is 18.9 Å². The molecule has 0 saturated heterocycles. The molecule has 4 aliphatic rings. The standard InChI is InChI=1S/C32H46O2Si/c1-2-3-4-5-6-7-14-19-33-35(30-15-10-8-11-16-30,31-17-12-9-13-18-31)34-26-32-23-27-20-28(24-32)22-29(21-27)25-32/h8-13,15-18,27-29H,2-7,14,19-26H2,1H3. The van der Waals surface area contributed by atoms with Gasteiger partial charge in [-0.2, -0.15) is 0 Å². The van der Waals surface area contributed by atoms with Gasteiger partial charge in [-0.15, -0.1) is 0 Å². The number of unbranched alkanes of at least 4 members (excludes halogenated alkanes) is 6. The predicted molar refractivity (Wildman–Crippen MR) is 148 cm³/mol. The third-order valence-corrected chi connectivity index (χ3v) is 12.5. The Morgan fingerprint density at radius 1 is 0.657 bits per heavy atom. The lowest BCUT2D eigenvalue weighted by Crippen LogP contribution is -2.65. The Balaban J connectivity index is 1.33. The Morgan fingerprint density at radius 2 is 1.14 bits per heavy atom. The highest BCUT2D eigenvalue weighted by molar-refractivity contribution is 6.92. The van der Waals surface area contributed by atoms with Gasteiger partial charge in [0.05, 0.1) is 0 Å². The number of hydrogen-bond acceptors (Lipinski definition) is 2. The van der Waals surface area contributed by atoms with Gasteiger partial charge in [-0.3, -0.25) is 0 Å². The van der Waals surface area contributed by atoms with Crippen LogP contribution in [-0.4, -0.2) is 21.8 Å². The van der Waals surface area contributed by atoms with Crippen molar-refractivity contribution in [3.05, 3.63) is 60.7 Å². The van der Waals surface area contributed by atoms with E-state index in [9.17, 15) is 0 Å². The minimum atomic E-state index is -2.78. The van der Waals surface area contributed by atoms with Gasteiger partial charge < -0.3 is 8.85 Å². The van der Waals surface area contributed by atoms with Gasteiger partial charge >= 0.3 is 8.56 Å². The van der Waals surface area contributed by atoms with Crippen molar-refractivity contribution in [2.45, 2.75) is 90.4 Å². The molecule has 35 heavy (non-hydrogen) atoms. The van der Waals surface area contributed by atoms with E-state index in [4.69, 9.17) is 8.85 Å². The SMILES string of the molecule is CCCCCCCCCO[Si](OCC12CC3CC(CC(C3)C1)C2)(c1ccccc1)c1ccccc1. The van der Waals surface area contributed by atoms with Crippen LogP contribution in [0.25, 0.3) is 0 Å². The van der Waals surface area contributed by atoms with Crippen molar-refractivity contribution in [3.8, 4) is 0 Å². The van der Waals surface area contributed by atoms with Gasteiger partial charge in [0.15, 0.2) is 0 Å². The Bertz CT molecular complexity index is 822. The summed E-state index contributed by atoms with van der Waals surface area (Å²) in [6.45, 7) is 3.96. The average Bonchev–Trinajstić information content (AvgIpc) is 2.88. The minimum Gasteiger partial charge on any atom is -0.388 e. The first kappa shape index (κ1) is 25.2. The second-order valence-electron chi connectivity index (χ2n) is 12.0. The average molecular weight is 491 g/mol. The van der Waals surface area contributed by atoms with Crippen molar-refractivity contribution in [2.75, 3.05) is 13.2 Å². The van der Waals surface area contributed by atoms with E-state index in [0.717, 1.165) is 37.4 Å². The monoisotopic (exact) mass is 490 g/mol. The lowest BCUT2D eigenvalue weighted by molar-refractivity contribution is -0.0792. The number of benzene rings is 2. The Morgan fingerprint density at radius 3 is 1.66 bits per heavy atom. The first-order chi connectivity index (χ1) is 17.2. The molecule has 0 amide bonds. The van der Waals surface area contributed by atoms with Crippen LogP contribution in [0, 0.1) is 23.2 Å². The van der Waals surface area contributed by atoms with Gasteiger partial charge in [-0.05, 0) is 78.5 Å². The fraction of sp³-hybridized carbons (Fsp3) is 0.625. The van der Waals surface area contributed by atoms with E-state index in [-0.39, 0.29) is 0 Å². The Labute approximate surface area is 215 Å². The minimum absolute atomic E-state index is 0.388. The zero-order valence-electron chi connectivity index (χ0n) is 21.9. The summed E-state index contributed by atoms with van der Waals surface area (Å²) in [6, 6.07) is 21.9. The quantitative estimate of drug-likeness (QED) is 0.205. The second-order valence-corrected chi connectivity index (χ2v) is 15.0. The third-order valence-electron chi connectivity index (χ3n) is 9.11. The van der Waals surface area contributed by atoms with Gasteiger partial charge in [0.25, 0.3) is 0 Å². The normalized spacial score (nSPS) is 27.4. The van der Waals surface area contributed by atoms with E-state index >= 15 is 0 Å². The van der Waals surface area contributed by atoms with Crippen LogP contribution in [0.1, 0.15) is 90.4 Å². The molecule has 4 bridgehead atoms. The van der Waals surface area contributed by atoms with Gasteiger partial charge in [0.2, 0.25) is 0 Å². The summed E-state index contributed by atoms with van der Waals surface area (Å²) in [4.78, 5) is 0. The van der Waals surface area contributed by atoms with Crippen LogP contribution in [-0.2, 0) is 8.85 Å². The molecule has 0 aromatic heterocycles. The highest BCUT2D eigenvalue weighted by Gasteiger charge is 2.53. The van der Waals surface area contributed by atoms with Crippen molar-refractivity contribution < 1.29 is 8.85 Å². The molecule has 3 heteroatoms. The molecule has 0 heterocycles. The molecule has 2 nitrogen and oxygen atoms in total. The zero-order chi connectivity index (χ0) is 24.0. The highest BCUT2D eigenvalue weighted by Crippen LogP contribution is 2.60. The molecule has 4 saturated carbocycles. The summed E-state index contributed by atoms with van der Waals surface area (Å²) < 4.78 is 14.3. The van der Waals surface area contributed by atoms with E-state index in [1.165, 1.54) is 87.4 Å². The zero-order valence-corrected chi connectivity index (χ0v) is 22.9. The molecule has 0 aliphatic heterocycles. The van der Waals surface area contributed by atoms with E-state index in [1.54, 1.807) is 0 Å². The van der Waals surface area contributed by atoms with Crippen LogP contribution < -0.4 is 10.4 Å². The first-order valence-corrected chi connectivity index (χ1v) is 16.4. The number of hydrogen-bond donors (Lipinski definition) is 0. The summed E-state index contributed by atoms with van der Waals surface area (Å²) in [5.41, 5.74) is 0.388. The van der Waals surface area contributed by atoms with Crippen LogP contribution in [0.3, 0.4) is 0 Å². The molecule has 0 N–H and O–H groups in total. The lowest BCUT2D eigenvalue weighted by Gasteiger charge is -2.57. The summed E-state index contributed by atoms with van der Waals surface area (Å²) in [5.74, 6) is 2.84. The largest absolute Gasteiger partial charge is 0.407 e. The second kappa shape index (κ2) is 11.8.